The number of fused-ring (bicyclic) bond motifs is 1. The van der Waals surface area contributed by atoms with Crippen molar-refractivity contribution in [3.8, 4) is 17.2 Å². The summed E-state index contributed by atoms with van der Waals surface area (Å²) in [7, 11) is 3.20. The van der Waals surface area contributed by atoms with Gasteiger partial charge in [-0.3, -0.25) is 9.40 Å². The summed E-state index contributed by atoms with van der Waals surface area (Å²) in [5.41, 5.74) is 1.62. The van der Waals surface area contributed by atoms with Crippen LogP contribution in [0, 0.1) is 0 Å². The number of rotatable bonds is 11. The van der Waals surface area contributed by atoms with E-state index in [0.29, 0.717) is 45.6 Å². The molecular formula is C24H27ClN4O5S2. The van der Waals surface area contributed by atoms with Gasteiger partial charge in [-0.1, -0.05) is 23.7 Å². The second-order valence-electron chi connectivity index (χ2n) is 8.16. The number of aromatic nitrogens is 2. The quantitative estimate of drug-likeness (QED) is 0.292. The van der Waals surface area contributed by atoms with Crippen molar-refractivity contribution >= 4 is 49.7 Å². The Morgan fingerprint density at radius 1 is 1.06 bits per heavy atom. The molecule has 0 aliphatic rings. The maximum absolute atomic E-state index is 13.0. The third-order valence-corrected chi connectivity index (χ3v) is 8.42. The Balaban J connectivity index is 1.70. The first-order valence-electron chi connectivity index (χ1n) is 11.0. The Morgan fingerprint density at radius 3 is 2.50 bits per heavy atom. The molecule has 0 saturated carbocycles. The molecule has 2 aromatic carbocycles. The first-order valence-corrected chi connectivity index (χ1v) is 13.7. The van der Waals surface area contributed by atoms with Gasteiger partial charge in [0.15, 0.2) is 17.3 Å². The van der Waals surface area contributed by atoms with Crippen molar-refractivity contribution in [2.24, 2.45) is 0 Å². The summed E-state index contributed by atoms with van der Waals surface area (Å²) in [6.07, 6.45) is 0. The molecule has 192 valence electrons. The number of sulfonamides is 1. The van der Waals surface area contributed by atoms with Gasteiger partial charge in [-0.15, -0.1) is 11.3 Å². The van der Waals surface area contributed by atoms with Crippen molar-refractivity contribution in [3.63, 3.8) is 0 Å². The molecule has 0 aliphatic heterocycles. The molecule has 0 spiro atoms. The predicted molar refractivity (Wildman–Crippen MR) is 143 cm³/mol. The zero-order chi connectivity index (χ0) is 25.9. The Morgan fingerprint density at radius 2 is 1.83 bits per heavy atom. The monoisotopic (exact) mass is 550 g/mol. The van der Waals surface area contributed by atoms with E-state index in [1.165, 1.54) is 13.2 Å². The van der Waals surface area contributed by atoms with Crippen molar-refractivity contribution in [2.75, 3.05) is 46.2 Å². The zero-order valence-corrected chi connectivity index (χ0v) is 22.7. The second kappa shape index (κ2) is 11.0. The van der Waals surface area contributed by atoms with Crippen LogP contribution < -0.4 is 18.9 Å². The lowest BCUT2D eigenvalue weighted by atomic mass is 10.2. The summed E-state index contributed by atoms with van der Waals surface area (Å²) in [4.78, 5) is 2.03. The van der Waals surface area contributed by atoms with Gasteiger partial charge in [-0.2, -0.15) is 5.10 Å². The van der Waals surface area contributed by atoms with Crippen LogP contribution in [0.15, 0.2) is 52.7 Å². The van der Waals surface area contributed by atoms with Gasteiger partial charge in [0.05, 0.1) is 36.0 Å². The zero-order valence-electron chi connectivity index (χ0n) is 20.3. The number of nitrogens with one attached hydrogen (secondary N) is 1. The summed E-state index contributed by atoms with van der Waals surface area (Å²) >= 11 is 6.93. The maximum Gasteiger partial charge on any atom is 0.272 e. The van der Waals surface area contributed by atoms with Gasteiger partial charge in [-0.25, -0.2) is 8.42 Å². The van der Waals surface area contributed by atoms with Gasteiger partial charge in [0, 0.05) is 6.54 Å². The number of halogens is 1. The SMILES string of the molecule is COc1ccc(Cn2nc(NS(=O)(=O)c3ccc(Cl)s3)c3c(OC)cccc32)cc1OCCN(C)C. The molecule has 0 radical (unpaired) electrons. The first kappa shape index (κ1) is 26.1. The number of nitrogens with zero attached hydrogens (tertiary/aromatic N) is 3. The molecule has 0 bridgehead atoms. The molecule has 36 heavy (non-hydrogen) atoms. The van der Waals surface area contributed by atoms with E-state index in [1.807, 2.05) is 49.3 Å². The lowest BCUT2D eigenvalue weighted by Gasteiger charge is -2.15. The van der Waals surface area contributed by atoms with Crippen molar-refractivity contribution < 1.29 is 22.6 Å². The second-order valence-corrected chi connectivity index (χ2v) is 11.8. The van der Waals surface area contributed by atoms with Crippen LogP contribution in [-0.2, 0) is 16.6 Å². The maximum atomic E-state index is 13.0. The van der Waals surface area contributed by atoms with Crippen LogP contribution in [0.1, 0.15) is 5.56 Å². The smallest absolute Gasteiger partial charge is 0.272 e. The van der Waals surface area contributed by atoms with Crippen molar-refractivity contribution in [3.05, 3.63) is 58.4 Å². The number of methoxy groups -OCH3 is 2. The number of anilines is 1. The van der Waals surface area contributed by atoms with Crippen LogP contribution in [0.2, 0.25) is 4.34 Å². The summed E-state index contributed by atoms with van der Waals surface area (Å²) in [5, 5.41) is 5.17. The number of hydrogen-bond donors (Lipinski definition) is 1. The molecule has 0 amide bonds. The van der Waals surface area contributed by atoms with Crippen LogP contribution in [0.3, 0.4) is 0 Å². The van der Waals surface area contributed by atoms with E-state index in [0.717, 1.165) is 23.4 Å². The number of likely N-dealkylation sites (N-methyl/N-ethyl adjacent to an activating group) is 1. The Bertz CT molecular complexity index is 1470. The van der Waals surface area contributed by atoms with E-state index in [4.69, 9.17) is 25.8 Å². The largest absolute Gasteiger partial charge is 0.496 e. The van der Waals surface area contributed by atoms with Crippen LogP contribution in [0.4, 0.5) is 5.82 Å². The molecule has 0 fully saturated rings. The average Bonchev–Trinajstić information content (AvgIpc) is 3.43. The standard InChI is InChI=1S/C24H27ClN4O5S2/c1-28(2)12-13-34-20-14-16(8-9-18(20)32-3)15-29-17-6-5-7-19(33-4)23(17)24(26-29)27-36(30,31)22-11-10-21(25)35-22/h5-11,14H,12-13,15H2,1-4H3,(H,26,27). The third-order valence-electron chi connectivity index (χ3n) is 5.36. The Labute approximate surface area is 219 Å². The van der Waals surface area contributed by atoms with E-state index in [1.54, 1.807) is 23.9 Å². The lowest BCUT2D eigenvalue weighted by Crippen LogP contribution is -2.19. The van der Waals surface area contributed by atoms with Crippen LogP contribution in [-0.4, -0.2) is 64.6 Å². The molecule has 12 heteroatoms. The molecule has 2 heterocycles. The first-order chi connectivity index (χ1) is 17.2. The van der Waals surface area contributed by atoms with Crippen LogP contribution in [0.5, 0.6) is 17.2 Å². The summed E-state index contributed by atoms with van der Waals surface area (Å²) in [6, 6.07) is 14.1. The number of thiophene rings is 1. The highest BCUT2D eigenvalue weighted by molar-refractivity contribution is 7.94. The number of benzene rings is 2. The molecule has 0 aliphatic carbocycles. The minimum atomic E-state index is -3.89. The summed E-state index contributed by atoms with van der Waals surface area (Å²) < 4.78 is 47.7. The van der Waals surface area contributed by atoms with Gasteiger partial charge in [-0.05, 0) is 56.1 Å². The number of hydrogen-bond acceptors (Lipinski definition) is 8. The highest BCUT2D eigenvalue weighted by Crippen LogP contribution is 2.35. The third kappa shape index (κ3) is 5.70. The van der Waals surface area contributed by atoms with E-state index in [2.05, 4.69) is 9.82 Å². The molecule has 0 unspecified atom stereocenters. The van der Waals surface area contributed by atoms with E-state index in [9.17, 15) is 8.42 Å². The molecule has 4 aromatic rings. The minimum Gasteiger partial charge on any atom is -0.496 e. The molecule has 0 saturated heterocycles. The topological polar surface area (TPSA) is 94.9 Å². The van der Waals surface area contributed by atoms with Crippen molar-refractivity contribution in [2.45, 2.75) is 10.8 Å². The predicted octanol–water partition coefficient (Wildman–Crippen LogP) is 4.56. The van der Waals surface area contributed by atoms with Crippen LogP contribution >= 0.6 is 22.9 Å². The normalized spacial score (nSPS) is 11.7. The Kier molecular flexibility index (Phi) is 7.94. The van der Waals surface area contributed by atoms with E-state index >= 15 is 0 Å². The highest BCUT2D eigenvalue weighted by atomic mass is 35.5. The van der Waals surface area contributed by atoms with Crippen molar-refractivity contribution in [1.29, 1.82) is 0 Å². The Hall–Kier alpha value is -2.99. The molecule has 9 nitrogen and oxygen atoms in total. The summed E-state index contributed by atoms with van der Waals surface area (Å²) in [5.74, 6) is 1.93. The van der Waals surface area contributed by atoms with Crippen molar-refractivity contribution in [1.82, 2.24) is 14.7 Å². The van der Waals surface area contributed by atoms with Crippen LogP contribution in [0.25, 0.3) is 10.9 Å². The van der Waals surface area contributed by atoms with Gasteiger partial charge < -0.3 is 19.1 Å². The fourth-order valence-electron chi connectivity index (χ4n) is 3.62. The van der Waals surface area contributed by atoms with E-state index in [-0.39, 0.29) is 10.0 Å². The molecular weight excluding hydrogens is 524 g/mol. The fraction of sp³-hybridized carbons (Fsp3) is 0.292. The lowest BCUT2D eigenvalue weighted by molar-refractivity contribution is 0.250. The number of ether oxygens (including phenoxy) is 3. The van der Waals surface area contributed by atoms with Gasteiger partial charge in [0.2, 0.25) is 0 Å². The summed E-state index contributed by atoms with van der Waals surface area (Å²) in [6.45, 7) is 1.63. The van der Waals surface area contributed by atoms with Gasteiger partial charge in [0.25, 0.3) is 10.0 Å². The molecule has 0 atom stereocenters. The van der Waals surface area contributed by atoms with Gasteiger partial charge >= 0.3 is 0 Å². The van der Waals surface area contributed by atoms with E-state index < -0.39 is 10.0 Å². The average molecular weight is 551 g/mol. The molecule has 4 rings (SSSR count). The van der Waals surface area contributed by atoms with Gasteiger partial charge in [0.1, 0.15) is 16.6 Å². The molecule has 1 N–H and O–H groups in total. The minimum absolute atomic E-state index is 0.0970. The fourth-order valence-corrected chi connectivity index (χ4v) is 6.11. The molecule has 2 aromatic heterocycles. The highest BCUT2D eigenvalue weighted by Gasteiger charge is 2.23.